The van der Waals surface area contributed by atoms with Gasteiger partial charge in [-0.05, 0) is 46.5 Å². The number of likely N-dealkylation sites (tertiary alicyclic amines) is 1. The molecule has 2 rings (SSSR count). The first-order chi connectivity index (χ1) is 8.35. The molecule has 1 atom stereocenters. The minimum atomic E-state index is -0.652. The molecule has 0 aliphatic carbocycles. The second kappa shape index (κ2) is 4.44. The topological polar surface area (TPSA) is 58.6 Å². The van der Waals surface area contributed by atoms with Crippen molar-refractivity contribution in [3.8, 4) is 0 Å². The van der Waals surface area contributed by atoms with Crippen LogP contribution >= 0.6 is 0 Å². The van der Waals surface area contributed by atoms with Gasteiger partial charge < -0.3 is 10.1 Å². The normalized spacial score (nSPS) is 28.4. The first kappa shape index (κ1) is 13.2. The zero-order valence-electron chi connectivity index (χ0n) is 11.4. The van der Waals surface area contributed by atoms with Crippen LogP contribution in [0.25, 0.3) is 0 Å². The van der Waals surface area contributed by atoms with E-state index in [0.29, 0.717) is 19.5 Å². The highest BCUT2D eigenvalue weighted by Crippen LogP contribution is 2.35. The number of ether oxygens (including phenoxy) is 1. The minimum absolute atomic E-state index is 0.0203. The summed E-state index contributed by atoms with van der Waals surface area (Å²) in [4.78, 5) is 26.0. The van der Waals surface area contributed by atoms with Crippen LogP contribution in [0.4, 0.5) is 4.79 Å². The van der Waals surface area contributed by atoms with Gasteiger partial charge in [0.15, 0.2) is 0 Å². The third-order valence-electron chi connectivity index (χ3n) is 3.60. The summed E-state index contributed by atoms with van der Waals surface area (Å²) < 4.78 is 5.42. The smallest absolute Gasteiger partial charge is 0.411 e. The molecule has 0 aromatic carbocycles. The van der Waals surface area contributed by atoms with Crippen molar-refractivity contribution in [3.05, 3.63) is 0 Å². The SMILES string of the molecule is CC(C)(C)OC(=O)N1CCCC[C@]12CCNC2=O. The molecule has 0 unspecified atom stereocenters. The molecule has 1 N–H and O–H groups in total. The number of nitrogens with one attached hydrogen (secondary N) is 1. The Labute approximate surface area is 108 Å². The molecule has 0 saturated carbocycles. The fourth-order valence-corrected chi connectivity index (χ4v) is 2.78. The van der Waals surface area contributed by atoms with Crippen molar-refractivity contribution in [2.75, 3.05) is 13.1 Å². The van der Waals surface area contributed by atoms with E-state index in [4.69, 9.17) is 4.74 Å². The molecule has 2 amide bonds. The number of hydrogen-bond acceptors (Lipinski definition) is 3. The molecule has 5 heteroatoms. The molecule has 5 nitrogen and oxygen atoms in total. The maximum absolute atomic E-state index is 12.2. The van der Waals surface area contributed by atoms with Crippen LogP contribution in [-0.2, 0) is 9.53 Å². The van der Waals surface area contributed by atoms with E-state index in [-0.39, 0.29) is 12.0 Å². The van der Waals surface area contributed by atoms with Crippen molar-refractivity contribution >= 4 is 12.0 Å². The summed E-state index contributed by atoms with van der Waals surface area (Å²) in [6.07, 6.45) is 3.02. The molecule has 0 aromatic heterocycles. The Balaban J connectivity index is 2.18. The fraction of sp³-hybridized carbons (Fsp3) is 0.846. The maximum Gasteiger partial charge on any atom is 0.411 e. The molecular formula is C13H22N2O3. The Morgan fingerprint density at radius 2 is 2.06 bits per heavy atom. The van der Waals surface area contributed by atoms with Crippen LogP contribution < -0.4 is 5.32 Å². The van der Waals surface area contributed by atoms with Gasteiger partial charge in [-0.2, -0.15) is 0 Å². The average molecular weight is 254 g/mol. The third kappa shape index (κ3) is 2.31. The van der Waals surface area contributed by atoms with Crippen molar-refractivity contribution in [3.63, 3.8) is 0 Å². The van der Waals surface area contributed by atoms with Gasteiger partial charge in [-0.15, -0.1) is 0 Å². The minimum Gasteiger partial charge on any atom is -0.444 e. The summed E-state index contributed by atoms with van der Waals surface area (Å²) >= 11 is 0. The number of rotatable bonds is 0. The van der Waals surface area contributed by atoms with Gasteiger partial charge in [0.25, 0.3) is 0 Å². The Morgan fingerprint density at radius 3 is 2.61 bits per heavy atom. The van der Waals surface area contributed by atoms with Gasteiger partial charge in [0, 0.05) is 13.1 Å². The van der Waals surface area contributed by atoms with Crippen LogP contribution in [0.1, 0.15) is 46.5 Å². The summed E-state index contributed by atoms with van der Waals surface area (Å²) in [5.41, 5.74) is -1.18. The standard InChI is InChI=1S/C13H22N2O3/c1-12(2,3)18-11(17)15-9-5-4-6-13(15)7-8-14-10(13)16/h4-9H2,1-3H3,(H,14,16)/t13-/m1/s1. The van der Waals surface area contributed by atoms with E-state index in [1.165, 1.54) is 0 Å². The van der Waals surface area contributed by atoms with Gasteiger partial charge in [0.2, 0.25) is 5.91 Å². The summed E-state index contributed by atoms with van der Waals surface area (Å²) in [6.45, 7) is 6.79. The Bertz CT molecular complexity index is 362. The van der Waals surface area contributed by atoms with Crippen molar-refractivity contribution in [1.82, 2.24) is 10.2 Å². The van der Waals surface area contributed by atoms with Gasteiger partial charge in [-0.25, -0.2) is 4.79 Å². The quantitative estimate of drug-likeness (QED) is 0.715. The van der Waals surface area contributed by atoms with E-state index in [1.54, 1.807) is 4.90 Å². The van der Waals surface area contributed by atoms with Crippen LogP contribution in [0.5, 0.6) is 0 Å². The lowest BCUT2D eigenvalue weighted by Crippen LogP contribution is -2.59. The van der Waals surface area contributed by atoms with Gasteiger partial charge in [0.1, 0.15) is 11.1 Å². The molecule has 2 saturated heterocycles. The van der Waals surface area contributed by atoms with Gasteiger partial charge >= 0.3 is 6.09 Å². The summed E-state index contributed by atoms with van der Waals surface area (Å²) in [7, 11) is 0. The maximum atomic E-state index is 12.2. The average Bonchev–Trinajstić information content (AvgIpc) is 2.59. The molecule has 2 fully saturated rings. The molecule has 102 valence electrons. The van der Waals surface area contributed by atoms with Gasteiger partial charge in [0.05, 0.1) is 0 Å². The van der Waals surface area contributed by atoms with E-state index in [2.05, 4.69) is 5.32 Å². The first-order valence-electron chi connectivity index (χ1n) is 6.64. The number of carbonyl (C=O) groups excluding carboxylic acids is 2. The monoisotopic (exact) mass is 254 g/mol. The van der Waals surface area contributed by atoms with Crippen molar-refractivity contribution in [1.29, 1.82) is 0 Å². The zero-order valence-corrected chi connectivity index (χ0v) is 11.4. The summed E-state index contributed by atoms with van der Waals surface area (Å²) in [6, 6.07) is 0. The number of amides is 2. The Hall–Kier alpha value is -1.26. The Morgan fingerprint density at radius 1 is 1.33 bits per heavy atom. The molecule has 1 spiro atoms. The molecule has 0 bridgehead atoms. The van der Waals surface area contributed by atoms with E-state index < -0.39 is 11.1 Å². The summed E-state index contributed by atoms with van der Waals surface area (Å²) in [5, 5.41) is 2.84. The molecular weight excluding hydrogens is 232 g/mol. The van der Waals surface area contributed by atoms with E-state index >= 15 is 0 Å². The first-order valence-corrected chi connectivity index (χ1v) is 6.64. The van der Waals surface area contributed by atoms with Gasteiger partial charge in [-0.1, -0.05) is 0 Å². The van der Waals surface area contributed by atoms with E-state index in [0.717, 1.165) is 19.3 Å². The van der Waals surface area contributed by atoms with E-state index in [1.807, 2.05) is 20.8 Å². The van der Waals surface area contributed by atoms with Crippen LogP contribution in [0.15, 0.2) is 0 Å². The van der Waals surface area contributed by atoms with E-state index in [9.17, 15) is 9.59 Å². The molecule has 18 heavy (non-hydrogen) atoms. The van der Waals surface area contributed by atoms with Crippen molar-refractivity contribution in [2.45, 2.75) is 57.6 Å². The lowest BCUT2D eigenvalue weighted by molar-refractivity contribution is -0.131. The van der Waals surface area contributed by atoms with Gasteiger partial charge in [-0.3, -0.25) is 9.69 Å². The van der Waals surface area contributed by atoms with Crippen LogP contribution in [0.3, 0.4) is 0 Å². The highest BCUT2D eigenvalue weighted by atomic mass is 16.6. The molecule has 0 aromatic rings. The number of hydrogen-bond donors (Lipinski definition) is 1. The van der Waals surface area contributed by atoms with Crippen molar-refractivity contribution in [2.24, 2.45) is 0 Å². The van der Waals surface area contributed by atoms with Crippen LogP contribution in [0, 0.1) is 0 Å². The number of carbonyl (C=O) groups is 2. The van der Waals surface area contributed by atoms with Crippen molar-refractivity contribution < 1.29 is 14.3 Å². The molecule has 2 aliphatic heterocycles. The second-order valence-corrected chi connectivity index (χ2v) is 6.13. The summed E-state index contributed by atoms with van der Waals surface area (Å²) in [5.74, 6) is -0.0203. The fourth-order valence-electron chi connectivity index (χ4n) is 2.78. The highest BCUT2D eigenvalue weighted by Gasteiger charge is 2.51. The Kier molecular flexibility index (Phi) is 3.25. The zero-order chi connectivity index (χ0) is 13.4. The lowest BCUT2D eigenvalue weighted by atomic mass is 9.85. The number of piperidine rings is 1. The molecule has 2 aliphatic rings. The predicted octanol–water partition coefficient (Wildman–Crippen LogP) is 1.67. The van der Waals surface area contributed by atoms with Crippen LogP contribution in [-0.4, -0.2) is 41.1 Å². The largest absolute Gasteiger partial charge is 0.444 e. The highest BCUT2D eigenvalue weighted by molar-refractivity contribution is 5.92. The molecule has 2 heterocycles. The molecule has 0 radical (unpaired) electrons. The predicted molar refractivity (Wildman–Crippen MR) is 67.1 cm³/mol. The number of nitrogens with zero attached hydrogens (tertiary/aromatic N) is 1. The second-order valence-electron chi connectivity index (χ2n) is 6.13. The third-order valence-corrected chi connectivity index (χ3v) is 3.60. The van der Waals surface area contributed by atoms with Crippen LogP contribution in [0.2, 0.25) is 0 Å². The lowest BCUT2D eigenvalue weighted by Gasteiger charge is -2.42.